The molecule has 128 valence electrons. The van der Waals surface area contributed by atoms with Gasteiger partial charge in [-0.1, -0.05) is 43.4 Å². The Morgan fingerprint density at radius 3 is 2.70 bits per heavy atom. The van der Waals surface area contributed by atoms with Crippen LogP contribution >= 0.6 is 23.1 Å². The van der Waals surface area contributed by atoms with Gasteiger partial charge in [-0.15, -0.1) is 10.2 Å². The molecular formula is C15H23N3O3S2. The van der Waals surface area contributed by atoms with Gasteiger partial charge in [-0.3, -0.25) is 9.59 Å². The molecule has 1 N–H and O–H groups in total. The number of carbonyl (C=O) groups is 2. The van der Waals surface area contributed by atoms with Gasteiger partial charge in [0.15, 0.2) is 4.34 Å². The Kier molecular flexibility index (Phi) is 7.29. The minimum Gasteiger partial charge on any atom is -0.462 e. The zero-order valence-electron chi connectivity index (χ0n) is 13.5. The first-order chi connectivity index (χ1) is 11.0. The van der Waals surface area contributed by atoms with Crippen molar-refractivity contribution in [2.75, 3.05) is 5.32 Å². The van der Waals surface area contributed by atoms with E-state index in [1.165, 1.54) is 17.8 Å². The van der Waals surface area contributed by atoms with Crippen LogP contribution in [0.4, 0.5) is 5.13 Å². The molecule has 1 saturated carbocycles. The van der Waals surface area contributed by atoms with Crippen LogP contribution in [-0.4, -0.2) is 33.4 Å². The lowest BCUT2D eigenvalue weighted by Crippen LogP contribution is -2.22. The molecule has 1 aromatic rings. The zero-order valence-corrected chi connectivity index (χ0v) is 15.2. The summed E-state index contributed by atoms with van der Waals surface area (Å²) in [6.07, 6.45) is 5.59. The second kappa shape index (κ2) is 9.22. The topological polar surface area (TPSA) is 81.2 Å². The number of hydrogen-bond donors (Lipinski definition) is 1. The van der Waals surface area contributed by atoms with Gasteiger partial charge in [0.05, 0.1) is 6.42 Å². The van der Waals surface area contributed by atoms with Gasteiger partial charge in [0, 0.05) is 11.7 Å². The molecule has 0 radical (unpaired) electrons. The Morgan fingerprint density at radius 2 is 2.00 bits per heavy atom. The highest BCUT2D eigenvalue weighted by Gasteiger charge is 2.18. The van der Waals surface area contributed by atoms with Gasteiger partial charge in [0.25, 0.3) is 0 Å². The Labute approximate surface area is 144 Å². The van der Waals surface area contributed by atoms with E-state index in [1.54, 1.807) is 11.8 Å². The second-order valence-corrected chi connectivity index (χ2v) is 8.64. The minimum absolute atomic E-state index is 0.0399. The molecule has 8 heteroatoms. The third-order valence-corrected chi connectivity index (χ3v) is 5.32. The van der Waals surface area contributed by atoms with Gasteiger partial charge in [-0.25, -0.2) is 0 Å². The van der Waals surface area contributed by atoms with Gasteiger partial charge in [0.1, 0.15) is 6.10 Å². The standard InChI is InChI=1S/C15H23N3O3S2/c1-10(2)22-15-18-17-14(23-15)16-12(19)8-9-13(20)21-11-6-4-3-5-7-11/h10-11H,3-9H2,1-2H3,(H,16,17,19). The molecule has 0 aliphatic heterocycles. The number of amides is 1. The quantitative estimate of drug-likeness (QED) is 0.456. The second-order valence-electron chi connectivity index (χ2n) is 5.84. The molecule has 1 aromatic heterocycles. The maximum Gasteiger partial charge on any atom is 0.306 e. The van der Waals surface area contributed by atoms with E-state index in [9.17, 15) is 9.59 Å². The van der Waals surface area contributed by atoms with Crippen LogP contribution in [0.1, 0.15) is 58.8 Å². The van der Waals surface area contributed by atoms with E-state index in [1.807, 2.05) is 0 Å². The lowest BCUT2D eigenvalue weighted by Gasteiger charge is -2.21. The summed E-state index contributed by atoms with van der Waals surface area (Å²) in [6.45, 7) is 4.14. The van der Waals surface area contributed by atoms with E-state index >= 15 is 0 Å². The smallest absolute Gasteiger partial charge is 0.306 e. The molecule has 1 amide bonds. The summed E-state index contributed by atoms with van der Waals surface area (Å²) in [5.74, 6) is -0.525. The molecule has 2 rings (SSSR count). The number of ether oxygens (including phenoxy) is 1. The maximum atomic E-state index is 11.9. The van der Waals surface area contributed by atoms with Crippen molar-refractivity contribution in [1.29, 1.82) is 0 Å². The molecule has 1 aliphatic rings. The zero-order chi connectivity index (χ0) is 16.7. The normalized spacial score (nSPS) is 15.6. The average molecular weight is 358 g/mol. The molecule has 1 fully saturated rings. The first-order valence-corrected chi connectivity index (χ1v) is 9.72. The van der Waals surface area contributed by atoms with E-state index in [2.05, 4.69) is 29.4 Å². The maximum absolute atomic E-state index is 11.9. The number of thioether (sulfide) groups is 1. The van der Waals surface area contributed by atoms with E-state index in [4.69, 9.17) is 4.74 Å². The Balaban J connectivity index is 1.67. The summed E-state index contributed by atoms with van der Waals surface area (Å²) < 4.78 is 6.22. The van der Waals surface area contributed by atoms with Crippen LogP contribution in [0.3, 0.4) is 0 Å². The van der Waals surface area contributed by atoms with Crippen molar-refractivity contribution in [1.82, 2.24) is 10.2 Å². The third-order valence-electron chi connectivity index (χ3n) is 3.40. The Hall–Kier alpha value is -1.15. The van der Waals surface area contributed by atoms with E-state index < -0.39 is 0 Å². The molecule has 6 nitrogen and oxygen atoms in total. The van der Waals surface area contributed by atoms with Gasteiger partial charge in [-0.05, 0) is 25.7 Å². The van der Waals surface area contributed by atoms with Crippen molar-refractivity contribution in [2.24, 2.45) is 0 Å². The summed E-state index contributed by atoms with van der Waals surface area (Å²) in [5, 5.41) is 11.5. The lowest BCUT2D eigenvalue weighted by molar-refractivity contribution is -0.151. The lowest BCUT2D eigenvalue weighted by atomic mass is 9.98. The predicted octanol–water partition coefficient (Wildman–Crippen LogP) is 3.63. The third kappa shape index (κ3) is 6.87. The van der Waals surface area contributed by atoms with Crippen molar-refractivity contribution in [2.45, 2.75) is 74.5 Å². The minimum atomic E-state index is -0.291. The summed E-state index contributed by atoms with van der Waals surface area (Å²) >= 11 is 2.95. The van der Waals surface area contributed by atoms with Crippen LogP contribution in [0.2, 0.25) is 0 Å². The molecule has 0 unspecified atom stereocenters. The number of esters is 1. The number of nitrogens with zero attached hydrogens (tertiary/aromatic N) is 2. The fourth-order valence-corrected chi connectivity index (χ4v) is 4.33. The molecule has 0 bridgehead atoms. The Morgan fingerprint density at radius 1 is 1.26 bits per heavy atom. The molecule has 1 aliphatic carbocycles. The molecule has 0 spiro atoms. The number of rotatable bonds is 7. The largest absolute Gasteiger partial charge is 0.462 e. The van der Waals surface area contributed by atoms with E-state index in [0.29, 0.717) is 10.4 Å². The first-order valence-electron chi connectivity index (χ1n) is 8.02. The van der Waals surface area contributed by atoms with Crippen molar-refractivity contribution >= 4 is 40.1 Å². The van der Waals surface area contributed by atoms with Gasteiger partial charge in [-0.2, -0.15) is 0 Å². The van der Waals surface area contributed by atoms with Crippen LogP contribution in [0.25, 0.3) is 0 Å². The van der Waals surface area contributed by atoms with E-state index in [0.717, 1.165) is 30.0 Å². The summed E-state index contributed by atoms with van der Waals surface area (Å²) in [7, 11) is 0. The molecule has 23 heavy (non-hydrogen) atoms. The summed E-state index contributed by atoms with van der Waals surface area (Å²) in [4.78, 5) is 23.6. The number of hydrogen-bond acceptors (Lipinski definition) is 7. The SMILES string of the molecule is CC(C)Sc1nnc(NC(=O)CCC(=O)OC2CCCCC2)s1. The fourth-order valence-electron chi connectivity index (χ4n) is 2.33. The predicted molar refractivity (Wildman–Crippen MR) is 91.7 cm³/mol. The monoisotopic (exact) mass is 357 g/mol. The number of anilines is 1. The molecular weight excluding hydrogens is 334 g/mol. The van der Waals surface area contributed by atoms with Crippen molar-refractivity contribution in [3.63, 3.8) is 0 Å². The van der Waals surface area contributed by atoms with Crippen LogP contribution in [0.5, 0.6) is 0 Å². The summed E-state index contributed by atoms with van der Waals surface area (Å²) in [6, 6.07) is 0. The Bertz CT molecular complexity index is 528. The number of aromatic nitrogens is 2. The molecule has 0 aromatic carbocycles. The van der Waals surface area contributed by atoms with Gasteiger partial charge in [0.2, 0.25) is 11.0 Å². The van der Waals surface area contributed by atoms with Gasteiger partial charge < -0.3 is 10.1 Å². The number of nitrogens with one attached hydrogen (secondary N) is 1. The van der Waals surface area contributed by atoms with Crippen LogP contribution in [-0.2, 0) is 14.3 Å². The highest BCUT2D eigenvalue weighted by Crippen LogP contribution is 2.28. The molecule has 0 atom stereocenters. The van der Waals surface area contributed by atoms with Crippen molar-refractivity contribution < 1.29 is 14.3 Å². The highest BCUT2D eigenvalue weighted by atomic mass is 32.2. The highest BCUT2D eigenvalue weighted by molar-refractivity contribution is 8.01. The van der Waals surface area contributed by atoms with Crippen LogP contribution in [0, 0.1) is 0 Å². The van der Waals surface area contributed by atoms with Gasteiger partial charge >= 0.3 is 5.97 Å². The number of carbonyl (C=O) groups excluding carboxylic acids is 2. The van der Waals surface area contributed by atoms with Crippen molar-refractivity contribution in [3.05, 3.63) is 0 Å². The molecule has 1 heterocycles. The molecule has 0 saturated heterocycles. The summed E-state index contributed by atoms with van der Waals surface area (Å²) in [5.41, 5.74) is 0. The average Bonchev–Trinajstić information content (AvgIpc) is 2.92. The fraction of sp³-hybridized carbons (Fsp3) is 0.733. The van der Waals surface area contributed by atoms with Crippen molar-refractivity contribution in [3.8, 4) is 0 Å². The van der Waals surface area contributed by atoms with E-state index in [-0.39, 0.29) is 30.8 Å². The van der Waals surface area contributed by atoms with Crippen LogP contribution < -0.4 is 5.32 Å². The van der Waals surface area contributed by atoms with Crippen LogP contribution in [0.15, 0.2) is 4.34 Å². The first kappa shape index (κ1) is 18.2.